The quantitative estimate of drug-likeness (QED) is 0.149. The van der Waals surface area contributed by atoms with Crippen LogP contribution in [0.25, 0.3) is 5.65 Å². The zero-order valence-corrected chi connectivity index (χ0v) is 32.8. The van der Waals surface area contributed by atoms with E-state index in [1.165, 1.54) is 11.1 Å². The number of carbonyl (C=O) groups is 6. The molecule has 16 nitrogen and oxygen atoms in total. The highest BCUT2D eigenvalue weighted by Gasteiger charge is 2.40. The van der Waals surface area contributed by atoms with Crippen LogP contribution in [0.5, 0.6) is 5.75 Å². The number of imide groups is 2. The van der Waals surface area contributed by atoms with Crippen LogP contribution in [0.1, 0.15) is 99.9 Å². The van der Waals surface area contributed by atoms with Gasteiger partial charge in [-0.25, -0.2) is 9.50 Å². The number of likely N-dealkylation sites (tertiary alicyclic amines) is 1. The minimum Gasteiger partial charge on any atom is -0.489 e. The Balaban J connectivity index is 0.855. The topological polar surface area (TPSA) is 179 Å². The lowest BCUT2D eigenvalue weighted by atomic mass is 10.0. The lowest BCUT2D eigenvalue weighted by Crippen LogP contribution is -2.46. The van der Waals surface area contributed by atoms with E-state index < -0.39 is 11.9 Å². The van der Waals surface area contributed by atoms with Gasteiger partial charge in [-0.05, 0) is 94.3 Å². The van der Waals surface area contributed by atoms with Crippen molar-refractivity contribution in [3.8, 4) is 5.75 Å². The SMILES string of the molecule is CC(C)Oc1cc2c(cc1NC(=O)c1cnn3cccnc13)CN(C1CCN(CC3CCN(c4ccc5c(c4)C(=O)N(C(C)CCC(=O)NC=O)C5=O)C3)CC1)C2=O. The molecule has 2 N–H and O–H groups in total. The summed E-state index contributed by atoms with van der Waals surface area (Å²) >= 11 is 0. The molecule has 4 aliphatic heterocycles. The average Bonchev–Trinajstić information content (AvgIpc) is 3.99. The first kappa shape index (κ1) is 38.7. The van der Waals surface area contributed by atoms with E-state index in [2.05, 4.69) is 30.5 Å². The number of fused-ring (bicyclic) bond motifs is 3. The van der Waals surface area contributed by atoms with E-state index in [1.807, 2.05) is 36.9 Å². The van der Waals surface area contributed by atoms with Gasteiger partial charge in [-0.15, -0.1) is 0 Å². The Labute approximate surface area is 335 Å². The van der Waals surface area contributed by atoms with Crippen LogP contribution < -0.4 is 20.3 Å². The molecule has 6 amide bonds. The van der Waals surface area contributed by atoms with E-state index in [-0.39, 0.29) is 48.6 Å². The standard InChI is InChI=1S/C42H47N9O7/c1-25(2)58-36-19-32-28(17-35(36)46-39(54)34-20-45-50-13-4-12-43-38(34)50)23-49(40(32)55)29-10-14-47(15-11-29)21-27-9-16-48(22-27)30-6-7-31-33(18-30)42(57)51(41(31)56)26(3)5-8-37(53)44-24-52/h4,6-7,12-13,17-20,24-27,29H,5,8-11,14-16,21-23H2,1-3H3,(H,46,54)(H,44,52,53). The largest absolute Gasteiger partial charge is 0.489 e. The minimum atomic E-state index is -0.495. The van der Waals surface area contributed by atoms with Crippen molar-refractivity contribution in [2.24, 2.45) is 5.92 Å². The second-order valence-corrected chi connectivity index (χ2v) is 15.9. The number of hydrogen-bond donors (Lipinski definition) is 2. The van der Waals surface area contributed by atoms with Gasteiger partial charge >= 0.3 is 0 Å². The molecule has 302 valence electrons. The summed E-state index contributed by atoms with van der Waals surface area (Å²) < 4.78 is 7.64. The van der Waals surface area contributed by atoms with E-state index >= 15 is 0 Å². The lowest BCUT2D eigenvalue weighted by molar-refractivity contribution is -0.125. The summed E-state index contributed by atoms with van der Waals surface area (Å²) in [5.74, 6) is -0.701. The lowest BCUT2D eigenvalue weighted by Gasteiger charge is -2.37. The number of nitrogens with zero attached hydrogens (tertiary/aromatic N) is 7. The van der Waals surface area contributed by atoms with Crippen molar-refractivity contribution in [1.29, 1.82) is 0 Å². The van der Waals surface area contributed by atoms with E-state index in [4.69, 9.17) is 4.74 Å². The molecule has 2 atom stereocenters. The number of rotatable bonds is 13. The van der Waals surface area contributed by atoms with Gasteiger partial charge in [0.2, 0.25) is 12.3 Å². The van der Waals surface area contributed by atoms with Gasteiger partial charge in [-0.2, -0.15) is 5.10 Å². The number of amides is 6. The first-order chi connectivity index (χ1) is 28.0. The van der Waals surface area contributed by atoms with Crippen LogP contribution in [-0.4, -0.2) is 116 Å². The fourth-order valence-electron chi connectivity index (χ4n) is 8.73. The summed E-state index contributed by atoms with van der Waals surface area (Å²) in [7, 11) is 0. The second kappa shape index (κ2) is 16.0. The van der Waals surface area contributed by atoms with Crippen LogP contribution in [0, 0.1) is 5.92 Å². The van der Waals surface area contributed by atoms with Gasteiger partial charge in [0.15, 0.2) is 5.65 Å². The predicted molar refractivity (Wildman–Crippen MR) is 213 cm³/mol. The highest BCUT2D eigenvalue weighted by atomic mass is 16.5. The van der Waals surface area contributed by atoms with Crippen molar-refractivity contribution in [1.82, 2.24) is 34.6 Å². The van der Waals surface area contributed by atoms with Gasteiger partial charge < -0.3 is 24.8 Å². The van der Waals surface area contributed by atoms with Gasteiger partial charge in [0.1, 0.15) is 11.3 Å². The molecular formula is C42H47N9O7. The second-order valence-electron chi connectivity index (χ2n) is 15.9. The van der Waals surface area contributed by atoms with Crippen molar-refractivity contribution >= 4 is 53.0 Å². The average molecular weight is 790 g/mol. The van der Waals surface area contributed by atoms with Crippen LogP contribution in [-0.2, 0) is 16.1 Å². The molecule has 2 aromatic carbocycles. The van der Waals surface area contributed by atoms with E-state index in [1.54, 1.807) is 42.0 Å². The number of benzene rings is 2. The summed E-state index contributed by atoms with van der Waals surface area (Å²) in [6, 6.07) is 10.4. The maximum atomic E-state index is 13.8. The summed E-state index contributed by atoms with van der Waals surface area (Å²) in [6.07, 6.45) is 7.97. The highest BCUT2D eigenvalue weighted by Crippen LogP contribution is 2.37. The first-order valence-corrected chi connectivity index (χ1v) is 20.0. The van der Waals surface area contributed by atoms with Crippen molar-refractivity contribution in [3.63, 3.8) is 0 Å². The van der Waals surface area contributed by atoms with Gasteiger partial charge in [0.25, 0.3) is 23.6 Å². The number of ether oxygens (including phenoxy) is 1. The molecule has 4 aliphatic rings. The normalized spacial score (nSPS) is 18.9. The Bertz CT molecular complexity index is 2300. The minimum absolute atomic E-state index is 0.0210. The third-order valence-corrected chi connectivity index (χ3v) is 11.7. The summed E-state index contributed by atoms with van der Waals surface area (Å²) in [5.41, 5.74) is 4.37. The molecule has 6 heterocycles. The zero-order valence-electron chi connectivity index (χ0n) is 32.8. The van der Waals surface area contributed by atoms with E-state index in [9.17, 15) is 28.8 Å². The molecule has 4 aromatic rings. The van der Waals surface area contributed by atoms with Crippen molar-refractivity contribution in [3.05, 3.63) is 82.8 Å². The molecule has 58 heavy (non-hydrogen) atoms. The fourth-order valence-corrected chi connectivity index (χ4v) is 8.73. The Kier molecular flexibility index (Phi) is 10.7. The smallest absolute Gasteiger partial charge is 0.261 e. The van der Waals surface area contributed by atoms with Crippen LogP contribution >= 0.6 is 0 Å². The van der Waals surface area contributed by atoms with E-state index in [0.717, 1.165) is 63.2 Å². The third-order valence-electron chi connectivity index (χ3n) is 11.7. The molecular weight excluding hydrogens is 743 g/mol. The van der Waals surface area contributed by atoms with Gasteiger partial charge in [-0.1, -0.05) is 0 Å². The molecule has 2 aromatic heterocycles. The molecule has 0 bridgehead atoms. The highest BCUT2D eigenvalue weighted by molar-refractivity contribution is 6.22. The number of piperidine rings is 1. The molecule has 2 saturated heterocycles. The van der Waals surface area contributed by atoms with Crippen LogP contribution in [0.15, 0.2) is 55.0 Å². The fraction of sp³-hybridized carbons (Fsp3) is 0.429. The van der Waals surface area contributed by atoms with Crippen molar-refractivity contribution < 1.29 is 33.5 Å². The molecule has 0 saturated carbocycles. The van der Waals surface area contributed by atoms with Crippen LogP contribution in [0.4, 0.5) is 11.4 Å². The predicted octanol–water partition coefficient (Wildman–Crippen LogP) is 3.75. The van der Waals surface area contributed by atoms with Crippen LogP contribution in [0.3, 0.4) is 0 Å². The summed E-state index contributed by atoms with van der Waals surface area (Å²) in [5, 5.41) is 9.31. The number of anilines is 2. The molecule has 8 rings (SSSR count). The monoisotopic (exact) mass is 789 g/mol. The third kappa shape index (κ3) is 7.51. The Morgan fingerprint density at radius 1 is 0.966 bits per heavy atom. The molecule has 2 unspecified atom stereocenters. The Morgan fingerprint density at radius 3 is 2.53 bits per heavy atom. The van der Waals surface area contributed by atoms with E-state index in [0.29, 0.717) is 58.2 Å². The van der Waals surface area contributed by atoms with Gasteiger partial charge in [0, 0.05) is 81.4 Å². The molecule has 16 heteroatoms. The summed E-state index contributed by atoms with van der Waals surface area (Å²) in [6.45, 7) is 10.4. The maximum absolute atomic E-state index is 13.8. The number of carbonyl (C=O) groups excluding carboxylic acids is 6. The number of nitrogens with one attached hydrogen (secondary N) is 2. The van der Waals surface area contributed by atoms with Gasteiger partial charge in [-0.3, -0.25) is 39.0 Å². The zero-order chi connectivity index (χ0) is 40.7. The molecule has 0 aliphatic carbocycles. The van der Waals surface area contributed by atoms with Crippen molar-refractivity contribution in [2.75, 3.05) is 42.9 Å². The molecule has 0 spiro atoms. The van der Waals surface area contributed by atoms with Gasteiger partial charge in [0.05, 0.1) is 29.1 Å². The van der Waals surface area contributed by atoms with Crippen LogP contribution in [0.2, 0.25) is 0 Å². The molecule has 2 fully saturated rings. The summed E-state index contributed by atoms with van der Waals surface area (Å²) in [4.78, 5) is 88.3. The number of aromatic nitrogens is 3. The van der Waals surface area contributed by atoms with Crippen molar-refractivity contribution in [2.45, 2.75) is 77.6 Å². The molecule has 0 radical (unpaired) electrons. The Morgan fingerprint density at radius 2 is 1.76 bits per heavy atom. The Hall–Kier alpha value is -6.16. The first-order valence-electron chi connectivity index (χ1n) is 20.0. The number of hydrogen-bond acceptors (Lipinski definition) is 11. The maximum Gasteiger partial charge on any atom is 0.261 e.